The zero-order valence-electron chi connectivity index (χ0n) is 19.4. The van der Waals surface area contributed by atoms with Gasteiger partial charge in [0.25, 0.3) is 0 Å². The van der Waals surface area contributed by atoms with Crippen molar-refractivity contribution in [3.63, 3.8) is 0 Å². The summed E-state index contributed by atoms with van der Waals surface area (Å²) in [5.74, 6) is -0.472. The van der Waals surface area contributed by atoms with E-state index in [1.165, 1.54) is 30.2 Å². The van der Waals surface area contributed by atoms with E-state index in [1.807, 2.05) is 44.2 Å². The summed E-state index contributed by atoms with van der Waals surface area (Å²) in [5, 5.41) is 3.01. The lowest BCUT2D eigenvalue weighted by atomic mass is 10.1. The maximum atomic E-state index is 13.4. The second-order valence-corrected chi connectivity index (χ2v) is 10.2. The topological polar surface area (TPSA) is 96.0 Å². The summed E-state index contributed by atoms with van der Waals surface area (Å²) in [7, 11) is -2.39. The molecule has 0 saturated heterocycles. The van der Waals surface area contributed by atoms with E-state index < -0.39 is 28.5 Å². The Kier molecular flexibility index (Phi) is 9.13. The van der Waals surface area contributed by atoms with Crippen LogP contribution in [-0.2, 0) is 26.2 Å². The van der Waals surface area contributed by atoms with E-state index in [4.69, 9.17) is 16.3 Å². The largest absolute Gasteiger partial charge is 0.495 e. The van der Waals surface area contributed by atoms with Crippen molar-refractivity contribution in [1.29, 1.82) is 0 Å². The number of sulfonamides is 1. The van der Waals surface area contributed by atoms with Crippen molar-refractivity contribution in [2.24, 2.45) is 0 Å². The first kappa shape index (κ1) is 26.5. The number of carbonyl (C=O) groups is 2. The Balaban J connectivity index is 2.39. The molecular formula is C23H30ClN3O5S. The minimum absolute atomic E-state index is 0.109. The number of nitrogens with one attached hydrogen (secondary N) is 1. The van der Waals surface area contributed by atoms with Crippen LogP contribution in [-0.4, -0.2) is 57.1 Å². The zero-order chi connectivity index (χ0) is 24.8. The predicted molar refractivity (Wildman–Crippen MR) is 130 cm³/mol. The maximum Gasteiger partial charge on any atom is 0.244 e. The summed E-state index contributed by atoms with van der Waals surface area (Å²) < 4.78 is 31.2. The fraction of sp³-hybridized carbons (Fsp3) is 0.391. The smallest absolute Gasteiger partial charge is 0.244 e. The quantitative estimate of drug-likeness (QED) is 0.546. The minimum Gasteiger partial charge on any atom is -0.495 e. The second kappa shape index (κ2) is 11.4. The Bertz CT molecular complexity index is 1080. The summed E-state index contributed by atoms with van der Waals surface area (Å²) in [4.78, 5) is 27.5. The van der Waals surface area contributed by atoms with Crippen LogP contribution in [0.15, 0.2) is 48.5 Å². The highest BCUT2D eigenvalue weighted by Gasteiger charge is 2.30. The summed E-state index contributed by atoms with van der Waals surface area (Å²) in [5.41, 5.74) is 1.03. The number of nitrogens with zero attached hydrogens (tertiary/aromatic N) is 2. The molecule has 1 N–H and O–H groups in total. The molecule has 2 aromatic rings. The van der Waals surface area contributed by atoms with Crippen LogP contribution in [0, 0.1) is 0 Å². The molecule has 1 unspecified atom stereocenters. The Morgan fingerprint density at radius 1 is 1.09 bits per heavy atom. The first-order chi connectivity index (χ1) is 15.4. The Hall–Kier alpha value is -2.78. The van der Waals surface area contributed by atoms with E-state index in [1.54, 1.807) is 6.92 Å². The Labute approximate surface area is 200 Å². The number of halogens is 1. The summed E-state index contributed by atoms with van der Waals surface area (Å²) in [6.07, 6.45) is 1.01. The normalized spacial score (nSPS) is 12.2. The van der Waals surface area contributed by atoms with Gasteiger partial charge in [-0.2, -0.15) is 0 Å². The molecule has 10 heteroatoms. The molecule has 1 atom stereocenters. The van der Waals surface area contributed by atoms with Crippen molar-refractivity contribution < 1.29 is 22.7 Å². The van der Waals surface area contributed by atoms with Crippen LogP contribution in [0.3, 0.4) is 0 Å². The summed E-state index contributed by atoms with van der Waals surface area (Å²) >= 11 is 6.18. The predicted octanol–water partition coefficient (Wildman–Crippen LogP) is 3.06. The number of amides is 2. The van der Waals surface area contributed by atoms with Gasteiger partial charge in [0.15, 0.2) is 0 Å². The van der Waals surface area contributed by atoms with E-state index in [0.29, 0.717) is 5.75 Å². The number of ether oxygens (including phenoxy) is 1. The highest BCUT2D eigenvalue weighted by Crippen LogP contribution is 2.30. The number of methoxy groups -OCH3 is 1. The molecule has 0 aliphatic heterocycles. The highest BCUT2D eigenvalue weighted by molar-refractivity contribution is 7.92. The lowest BCUT2D eigenvalue weighted by molar-refractivity contribution is -0.139. The van der Waals surface area contributed by atoms with E-state index in [9.17, 15) is 18.0 Å². The number of benzene rings is 2. The lowest BCUT2D eigenvalue weighted by Crippen LogP contribution is -2.52. The molecule has 0 aromatic heterocycles. The SMILES string of the molecule is COc1ccc(N(CC(=O)N(Cc2ccccc2)C(C)C(=O)NC(C)C)S(C)(=O)=O)cc1Cl. The lowest BCUT2D eigenvalue weighted by Gasteiger charge is -2.32. The average Bonchev–Trinajstić information content (AvgIpc) is 2.74. The number of carbonyl (C=O) groups excluding carboxylic acids is 2. The number of anilines is 1. The molecule has 8 nitrogen and oxygen atoms in total. The van der Waals surface area contributed by atoms with Gasteiger partial charge in [-0.25, -0.2) is 8.42 Å². The molecule has 180 valence electrons. The molecule has 0 spiro atoms. The van der Waals surface area contributed by atoms with Crippen LogP contribution in [0.5, 0.6) is 5.75 Å². The monoisotopic (exact) mass is 495 g/mol. The molecule has 0 heterocycles. The van der Waals surface area contributed by atoms with Crippen LogP contribution < -0.4 is 14.4 Å². The minimum atomic E-state index is -3.83. The van der Waals surface area contributed by atoms with Crippen molar-refractivity contribution in [3.05, 3.63) is 59.1 Å². The highest BCUT2D eigenvalue weighted by atomic mass is 35.5. The van der Waals surface area contributed by atoms with Crippen LogP contribution in [0.25, 0.3) is 0 Å². The molecule has 33 heavy (non-hydrogen) atoms. The first-order valence-electron chi connectivity index (χ1n) is 10.4. The van der Waals surface area contributed by atoms with Crippen LogP contribution in [0.4, 0.5) is 5.69 Å². The van der Waals surface area contributed by atoms with Crippen LogP contribution in [0.2, 0.25) is 5.02 Å². The average molecular weight is 496 g/mol. The molecule has 2 amide bonds. The maximum absolute atomic E-state index is 13.4. The fourth-order valence-corrected chi connectivity index (χ4v) is 4.29. The molecule has 0 radical (unpaired) electrons. The van der Waals surface area contributed by atoms with Gasteiger partial charge >= 0.3 is 0 Å². The van der Waals surface area contributed by atoms with Gasteiger partial charge in [0.05, 0.1) is 24.1 Å². The van der Waals surface area contributed by atoms with Crippen molar-refractivity contribution in [3.8, 4) is 5.75 Å². The molecular weight excluding hydrogens is 466 g/mol. The summed E-state index contributed by atoms with van der Waals surface area (Å²) in [6.45, 7) is 4.92. The molecule has 0 saturated carbocycles. The third-order valence-electron chi connectivity index (χ3n) is 4.90. The van der Waals surface area contributed by atoms with Gasteiger partial charge in [0.2, 0.25) is 21.8 Å². The van der Waals surface area contributed by atoms with E-state index in [0.717, 1.165) is 16.1 Å². The molecule has 0 fully saturated rings. The number of rotatable bonds is 10. The van der Waals surface area contributed by atoms with E-state index in [-0.39, 0.29) is 29.2 Å². The Morgan fingerprint density at radius 2 is 1.73 bits per heavy atom. The molecule has 2 aromatic carbocycles. The molecule has 0 aliphatic rings. The van der Waals surface area contributed by atoms with Gasteiger partial charge < -0.3 is 15.0 Å². The third-order valence-corrected chi connectivity index (χ3v) is 6.33. The van der Waals surface area contributed by atoms with Gasteiger partial charge in [-0.15, -0.1) is 0 Å². The van der Waals surface area contributed by atoms with Crippen LogP contribution in [0.1, 0.15) is 26.3 Å². The van der Waals surface area contributed by atoms with Gasteiger partial charge in [-0.1, -0.05) is 41.9 Å². The first-order valence-corrected chi connectivity index (χ1v) is 12.6. The van der Waals surface area contributed by atoms with Crippen molar-refractivity contribution in [2.45, 2.75) is 39.4 Å². The molecule has 0 aliphatic carbocycles. The zero-order valence-corrected chi connectivity index (χ0v) is 21.0. The van der Waals surface area contributed by atoms with Crippen LogP contribution >= 0.6 is 11.6 Å². The van der Waals surface area contributed by atoms with Gasteiger partial charge in [-0.05, 0) is 44.5 Å². The summed E-state index contributed by atoms with van der Waals surface area (Å²) in [6, 6.07) is 12.7. The van der Waals surface area contributed by atoms with Crippen molar-refractivity contribution in [1.82, 2.24) is 10.2 Å². The second-order valence-electron chi connectivity index (χ2n) is 7.93. The number of hydrogen-bond acceptors (Lipinski definition) is 5. The Morgan fingerprint density at radius 3 is 2.24 bits per heavy atom. The fourth-order valence-electron chi connectivity index (χ4n) is 3.19. The standard InChI is InChI=1S/C23H30ClN3O5S/c1-16(2)25-23(29)17(3)26(14-18-9-7-6-8-10-18)22(28)15-27(33(5,30)31)19-11-12-21(32-4)20(24)13-19/h6-13,16-17H,14-15H2,1-5H3,(H,25,29). The molecule has 0 bridgehead atoms. The van der Waals surface area contributed by atoms with Gasteiger partial charge in [0, 0.05) is 12.6 Å². The molecule has 2 rings (SSSR count). The van der Waals surface area contributed by atoms with Crippen molar-refractivity contribution in [2.75, 3.05) is 24.2 Å². The van der Waals surface area contributed by atoms with E-state index in [2.05, 4.69) is 5.32 Å². The van der Waals surface area contributed by atoms with Gasteiger partial charge in [-0.3, -0.25) is 13.9 Å². The number of hydrogen-bond donors (Lipinski definition) is 1. The third kappa shape index (κ3) is 7.36. The van der Waals surface area contributed by atoms with E-state index >= 15 is 0 Å². The van der Waals surface area contributed by atoms with Gasteiger partial charge in [0.1, 0.15) is 18.3 Å². The van der Waals surface area contributed by atoms with Crippen molar-refractivity contribution >= 4 is 39.1 Å².